The maximum atomic E-state index is 12.9. The van der Waals surface area contributed by atoms with Gasteiger partial charge in [0.05, 0.1) is 39.8 Å². The van der Waals surface area contributed by atoms with Crippen molar-refractivity contribution in [3.63, 3.8) is 0 Å². The van der Waals surface area contributed by atoms with Gasteiger partial charge in [-0.25, -0.2) is 9.78 Å². The highest BCUT2D eigenvalue weighted by atomic mass is 35.5. The molecule has 0 bridgehead atoms. The Bertz CT molecular complexity index is 1670. The maximum Gasteiger partial charge on any atom is 0.410 e. The number of anilines is 1. The molecule has 41 heavy (non-hydrogen) atoms. The van der Waals surface area contributed by atoms with Crippen molar-refractivity contribution in [2.75, 3.05) is 25.0 Å². The second-order valence-corrected chi connectivity index (χ2v) is 11.4. The van der Waals surface area contributed by atoms with Gasteiger partial charge in [0.15, 0.2) is 0 Å². The number of nitrogens with one attached hydrogen (secondary N) is 2. The van der Waals surface area contributed by atoms with Crippen LogP contribution in [0.4, 0.5) is 10.6 Å². The van der Waals surface area contributed by atoms with E-state index < -0.39 is 5.60 Å². The van der Waals surface area contributed by atoms with Gasteiger partial charge in [0.2, 0.25) is 0 Å². The predicted octanol–water partition coefficient (Wildman–Crippen LogP) is 2.72. The number of hydrogen-bond acceptors (Lipinski definition) is 8. The second kappa shape index (κ2) is 11.1. The molecule has 0 spiro atoms. The first-order valence-corrected chi connectivity index (χ1v) is 13.7. The van der Waals surface area contributed by atoms with Crippen LogP contribution in [0.5, 0.6) is 0 Å². The van der Waals surface area contributed by atoms with Gasteiger partial charge in [-0.15, -0.1) is 0 Å². The van der Waals surface area contributed by atoms with Crippen LogP contribution in [0.2, 0.25) is 5.02 Å². The van der Waals surface area contributed by atoms with Crippen molar-refractivity contribution in [3.8, 4) is 17.3 Å². The van der Waals surface area contributed by atoms with Crippen molar-refractivity contribution < 1.29 is 14.3 Å². The Hall–Kier alpha value is -4.56. The summed E-state index contributed by atoms with van der Waals surface area (Å²) in [5, 5.41) is 22.2. The third kappa shape index (κ3) is 5.83. The highest BCUT2D eigenvalue weighted by molar-refractivity contribution is 6.33. The second-order valence-electron chi connectivity index (χ2n) is 11.0. The van der Waals surface area contributed by atoms with Crippen LogP contribution < -0.4 is 26.9 Å². The number of fused-ring (bicyclic) bond motifs is 1. The van der Waals surface area contributed by atoms with Gasteiger partial charge in [-0.05, 0) is 57.9 Å². The zero-order valence-corrected chi connectivity index (χ0v) is 23.8. The molecule has 212 valence electrons. The average Bonchev–Trinajstić information content (AvgIpc) is 3.34. The van der Waals surface area contributed by atoms with E-state index in [0.29, 0.717) is 62.7 Å². The smallest absolute Gasteiger partial charge is 0.410 e. The Morgan fingerprint density at radius 3 is 2.76 bits per heavy atom. The molecule has 11 nitrogen and oxygen atoms in total. The molecule has 12 heteroatoms. The van der Waals surface area contributed by atoms with Crippen LogP contribution in [0.3, 0.4) is 0 Å². The van der Waals surface area contributed by atoms with Gasteiger partial charge in [-0.3, -0.25) is 9.48 Å². The van der Waals surface area contributed by atoms with Gasteiger partial charge < -0.3 is 26.0 Å². The minimum atomic E-state index is -0.615. The number of rotatable bonds is 4. The van der Waals surface area contributed by atoms with Gasteiger partial charge >= 0.3 is 6.09 Å². The van der Waals surface area contributed by atoms with Crippen LogP contribution in [-0.4, -0.2) is 56.9 Å². The Morgan fingerprint density at radius 1 is 1.27 bits per heavy atom. The highest BCUT2D eigenvalue weighted by Gasteiger charge is 2.31. The van der Waals surface area contributed by atoms with Gasteiger partial charge in [0.1, 0.15) is 22.9 Å². The maximum absolute atomic E-state index is 12.9. The zero-order valence-electron chi connectivity index (χ0n) is 23.1. The van der Waals surface area contributed by atoms with E-state index in [9.17, 15) is 14.9 Å². The largest absolute Gasteiger partial charge is 0.444 e. The van der Waals surface area contributed by atoms with Crippen molar-refractivity contribution >= 4 is 40.8 Å². The van der Waals surface area contributed by atoms with Crippen LogP contribution in [0.1, 0.15) is 50.0 Å². The van der Waals surface area contributed by atoms with Crippen molar-refractivity contribution in [3.05, 3.63) is 63.7 Å². The summed E-state index contributed by atoms with van der Waals surface area (Å²) in [6.45, 7) is 6.69. The molecule has 0 unspecified atom stereocenters. The van der Waals surface area contributed by atoms with Crippen molar-refractivity contribution in [1.82, 2.24) is 25.0 Å². The van der Waals surface area contributed by atoms with E-state index in [1.54, 1.807) is 52.2 Å². The number of amides is 2. The molecule has 1 saturated heterocycles. The number of pyridine rings is 1. The number of aromatic nitrogens is 3. The number of nitriles is 1. The van der Waals surface area contributed by atoms with E-state index >= 15 is 0 Å². The molecule has 0 saturated carbocycles. The molecule has 1 atom stereocenters. The summed E-state index contributed by atoms with van der Waals surface area (Å²) in [7, 11) is 0. The van der Waals surface area contributed by atoms with Crippen LogP contribution in [0, 0.1) is 11.3 Å². The zero-order chi connectivity index (χ0) is 29.3. The van der Waals surface area contributed by atoms with Crippen LogP contribution in [-0.2, 0) is 4.74 Å². The Kier molecular flexibility index (Phi) is 7.60. The summed E-state index contributed by atoms with van der Waals surface area (Å²) in [5.41, 5.74) is 7.68. The first-order chi connectivity index (χ1) is 19.6. The fraction of sp³-hybridized carbons (Fsp3) is 0.345. The first kappa shape index (κ1) is 28.0. The number of halogens is 1. The van der Waals surface area contributed by atoms with E-state index in [-0.39, 0.29) is 24.6 Å². The number of benzene rings is 1. The summed E-state index contributed by atoms with van der Waals surface area (Å²) in [6, 6.07) is 12.2. The molecule has 0 radical (unpaired) electrons. The van der Waals surface area contributed by atoms with Gasteiger partial charge in [-0.1, -0.05) is 23.7 Å². The molecule has 2 aliphatic heterocycles. The highest BCUT2D eigenvalue weighted by Crippen LogP contribution is 2.28. The van der Waals surface area contributed by atoms with E-state index in [4.69, 9.17) is 27.2 Å². The molecule has 0 aliphatic carbocycles. The molecule has 1 fully saturated rings. The molecule has 5 rings (SSSR count). The topological polar surface area (TPSA) is 151 Å². The van der Waals surface area contributed by atoms with Gasteiger partial charge in [-0.2, -0.15) is 10.4 Å². The molecule has 2 aliphatic rings. The molecule has 2 amide bonds. The number of carbonyl (C=O) groups is 2. The quantitative estimate of drug-likeness (QED) is 0.430. The van der Waals surface area contributed by atoms with Crippen LogP contribution in [0.15, 0.2) is 42.6 Å². The number of hydrogen-bond donors (Lipinski definition) is 3. The Morgan fingerprint density at radius 2 is 2.07 bits per heavy atom. The lowest BCUT2D eigenvalue weighted by atomic mass is 10.0. The lowest BCUT2D eigenvalue weighted by Gasteiger charge is -2.34. The molecule has 2 aromatic heterocycles. The Balaban J connectivity index is 1.54. The molecular formula is C29H31ClN8O3. The van der Waals surface area contributed by atoms with E-state index in [1.165, 1.54) is 0 Å². The van der Waals surface area contributed by atoms with Gasteiger partial charge in [0.25, 0.3) is 5.91 Å². The molecular weight excluding hydrogens is 544 g/mol. The minimum absolute atomic E-state index is 0.213. The van der Waals surface area contributed by atoms with Crippen LogP contribution in [0.25, 0.3) is 22.7 Å². The predicted molar refractivity (Wildman–Crippen MR) is 155 cm³/mol. The molecule has 3 aromatic rings. The summed E-state index contributed by atoms with van der Waals surface area (Å²) in [5.74, 6) is 0.432. The molecule has 4 heterocycles. The summed E-state index contributed by atoms with van der Waals surface area (Å²) < 4.78 is 7.40. The third-order valence-electron chi connectivity index (χ3n) is 6.84. The van der Waals surface area contributed by atoms with Crippen LogP contribution >= 0.6 is 11.6 Å². The summed E-state index contributed by atoms with van der Waals surface area (Å²) >= 11 is 6.74. The standard InChI is InChI=1S/C29H31ClN8O3/c1-29(2,3)41-28(40)37-12-6-7-19(16-37)38-25-18(14-31)15-34-26(32)23(25)24(36-38)20-10-9-17(13-21(20)30)27(39)35-22-8-4-5-11-33-22/h4-5,8-11,13,19,34H,6-7,12,15-16,32H2,1-3H3,(H,33,35,39)/t19-/m1/s1. The van der Waals surface area contributed by atoms with Crippen molar-refractivity contribution in [1.29, 1.82) is 5.26 Å². The normalized spacial score (nSPS) is 16.9. The van der Waals surface area contributed by atoms with Crippen molar-refractivity contribution in [2.45, 2.75) is 45.3 Å². The number of ether oxygens (including phenoxy) is 1. The lowest BCUT2D eigenvalue weighted by molar-refractivity contribution is 0.0166. The fourth-order valence-electron chi connectivity index (χ4n) is 5.00. The minimum Gasteiger partial charge on any atom is -0.444 e. The van der Waals surface area contributed by atoms with E-state index in [2.05, 4.69) is 21.7 Å². The third-order valence-corrected chi connectivity index (χ3v) is 7.16. The number of nitrogens with zero attached hydrogens (tertiary/aromatic N) is 5. The lowest BCUT2D eigenvalue weighted by Crippen LogP contribution is -2.49. The number of nitrogens with two attached hydrogens (primary N) is 1. The number of piperidine rings is 1. The molecule has 4 N–H and O–H groups in total. The SMILES string of the molecule is CC(C)(C)OC(=O)N1CCC[C@@H](n2nc(-c3ccc(C(=O)Nc4ccccn4)cc3Cl)c3c2=C(C#N)CNC=3N)C1. The van der Waals surface area contributed by atoms with Crippen molar-refractivity contribution in [2.24, 2.45) is 5.73 Å². The Labute approximate surface area is 242 Å². The summed E-state index contributed by atoms with van der Waals surface area (Å²) in [6.07, 6.45) is 2.70. The average molecular weight is 575 g/mol. The van der Waals surface area contributed by atoms with E-state index in [0.717, 1.165) is 12.8 Å². The fourth-order valence-corrected chi connectivity index (χ4v) is 5.27. The summed E-state index contributed by atoms with van der Waals surface area (Å²) in [4.78, 5) is 31.5. The monoisotopic (exact) mass is 574 g/mol. The van der Waals surface area contributed by atoms with Gasteiger partial charge in [0, 0.05) is 30.4 Å². The van der Waals surface area contributed by atoms with E-state index in [1.807, 2.05) is 20.8 Å². The molecule has 1 aromatic carbocycles. The number of carbonyl (C=O) groups excluding carboxylic acids is 2. The first-order valence-electron chi connectivity index (χ1n) is 13.3. The number of likely N-dealkylation sites (tertiary alicyclic amines) is 1.